The molecule has 1 aliphatic rings. The molecule has 0 spiro atoms. The first-order valence-corrected chi connectivity index (χ1v) is 6.52. The van der Waals surface area contributed by atoms with E-state index in [-0.39, 0.29) is 17.4 Å². The van der Waals surface area contributed by atoms with Crippen molar-refractivity contribution in [2.75, 3.05) is 19.0 Å². The third-order valence-corrected chi connectivity index (χ3v) is 3.41. The molecule has 5 heteroatoms. The van der Waals surface area contributed by atoms with Gasteiger partial charge in [-0.25, -0.2) is 4.39 Å². The molecule has 1 aromatic carbocycles. The molecule has 0 radical (unpaired) electrons. The second kappa shape index (κ2) is 6.12. The van der Waals surface area contributed by atoms with E-state index in [4.69, 9.17) is 4.74 Å². The van der Waals surface area contributed by atoms with Crippen LogP contribution in [0.1, 0.15) is 24.5 Å². The van der Waals surface area contributed by atoms with Gasteiger partial charge in [-0.2, -0.15) is 0 Å². The number of hydrogen-bond acceptors (Lipinski definition) is 3. The zero-order valence-electron chi connectivity index (χ0n) is 11.3. The van der Waals surface area contributed by atoms with Crippen LogP contribution in [0, 0.1) is 5.82 Å². The molecule has 2 rings (SSSR count). The monoisotopic (exact) mass is 266 g/mol. The summed E-state index contributed by atoms with van der Waals surface area (Å²) in [5.41, 5.74) is 1.89. The van der Waals surface area contributed by atoms with Crippen LogP contribution in [-0.2, 0) is 22.5 Å². The number of amides is 1. The molecule has 1 aliphatic heterocycles. The van der Waals surface area contributed by atoms with Crippen molar-refractivity contribution in [2.24, 2.45) is 0 Å². The number of methoxy groups -OCH3 is 1. The number of hydrogen-bond donors (Lipinski definition) is 2. The van der Waals surface area contributed by atoms with E-state index in [9.17, 15) is 9.18 Å². The third-order valence-electron chi connectivity index (χ3n) is 3.41. The Morgan fingerprint density at radius 2 is 2.37 bits per heavy atom. The number of anilines is 1. The van der Waals surface area contributed by atoms with E-state index in [2.05, 4.69) is 10.6 Å². The van der Waals surface area contributed by atoms with Crippen LogP contribution < -0.4 is 10.6 Å². The maximum absolute atomic E-state index is 14.3. The predicted octanol–water partition coefficient (Wildman–Crippen LogP) is 1.83. The summed E-state index contributed by atoms with van der Waals surface area (Å²) in [6.07, 6.45) is 0.655. The van der Waals surface area contributed by atoms with Gasteiger partial charge in [0.2, 0.25) is 0 Å². The number of rotatable bonds is 4. The highest BCUT2D eigenvalue weighted by molar-refractivity contribution is 5.94. The van der Waals surface area contributed by atoms with Crippen molar-refractivity contribution < 1.29 is 13.9 Å². The maximum atomic E-state index is 14.3. The van der Waals surface area contributed by atoms with Crippen LogP contribution in [0.4, 0.5) is 10.1 Å². The van der Waals surface area contributed by atoms with Crippen molar-refractivity contribution >= 4 is 11.6 Å². The lowest BCUT2D eigenvalue weighted by Crippen LogP contribution is -2.30. The molecular formula is C14H19FN2O2. The van der Waals surface area contributed by atoms with Crippen LogP contribution in [0.15, 0.2) is 12.1 Å². The molecule has 19 heavy (non-hydrogen) atoms. The Morgan fingerprint density at radius 3 is 3.05 bits per heavy atom. The molecule has 0 aliphatic carbocycles. The Bertz CT molecular complexity index is 473. The van der Waals surface area contributed by atoms with Gasteiger partial charge >= 0.3 is 0 Å². The van der Waals surface area contributed by atoms with E-state index in [1.807, 2.05) is 13.0 Å². The maximum Gasteiger partial charge on any atom is 0.253 e. The van der Waals surface area contributed by atoms with Gasteiger partial charge in [0.05, 0.1) is 5.69 Å². The minimum Gasteiger partial charge on any atom is -0.372 e. The second-order valence-corrected chi connectivity index (χ2v) is 4.61. The molecular weight excluding hydrogens is 247 g/mol. The highest BCUT2D eigenvalue weighted by Gasteiger charge is 2.20. The quantitative estimate of drug-likeness (QED) is 0.874. The average molecular weight is 266 g/mol. The van der Waals surface area contributed by atoms with Crippen molar-refractivity contribution in [3.8, 4) is 0 Å². The topological polar surface area (TPSA) is 50.4 Å². The van der Waals surface area contributed by atoms with E-state index in [0.29, 0.717) is 24.9 Å². The largest absolute Gasteiger partial charge is 0.372 e. The first-order chi connectivity index (χ1) is 9.17. The van der Waals surface area contributed by atoms with Crippen molar-refractivity contribution in [3.63, 3.8) is 0 Å². The fourth-order valence-electron chi connectivity index (χ4n) is 2.30. The molecule has 1 aromatic rings. The molecule has 1 unspecified atom stereocenters. The van der Waals surface area contributed by atoms with Gasteiger partial charge in [0.1, 0.15) is 11.9 Å². The van der Waals surface area contributed by atoms with Crippen molar-refractivity contribution in [1.82, 2.24) is 5.32 Å². The minimum atomic E-state index is -0.544. The molecule has 0 saturated carbocycles. The molecule has 2 N–H and O–H groups in total. The molecule has 1 atom stereocenters. The molecule has 1 heterocycles. The lowest BCUT2D eigenvalue weighted by Gasteiger charge is -2.20. The number of benzene rings is 1. The SMILES string of the molecule is CCC(OC)C(=O)Nc1ccc2c(c1F)CCNC2. The number of halogens is 1. The highest BCUT2D eigenvalue weighted by atomic mass is 19.1. The Labute approximate surface area is 112 Å². The number of ether oxygens (including phenoxy) is 1. The summed E-state index contributed by atoms with van der Waals surface area (Å²) in [6, 6.07) is 3.47. The van der Waals surface area contributed by atoms with Crippen LogP contribution in [-0.4, -0.2) is 25.7 Å². The van der Waals surface area contributed by atoms with Crippen molar-refractivity contribution in [3.05, 3.63) is 29.1 Å². The summed E-state index contributed by atoms with van der Waals surface area (Å²) in [6.45, 7) is 3.29. The summed E-state index contributed by atoms with van der Waals surface area (Å²) in [4.78, 5) is 11.9. The predicted molar refractivity (Wildman–Crippen MR) is 71.5 cm³/mol. The van der Waals surface area contributed by atoms with Crippen LogP contribution in [0.25, 0.3) is 0 Å². The molecule has 0 bridgehead atoms. The van der Waals surface area contributed by atoms with E-state index in [0.717, 1.165) is 12.1 Å². The molecule has 1 amide bonds. The van der Waals surface area contributed by atoms with E-state index in [1.165, 1.54) is 7.11 Å². The molecule has 0 saturated heterocycles. The Kier molecular flexibility index (Phi) is 4.50. The van der Waals surface area contributed by atoms with Gasteiger partial charge in [0, 0.05) is 13.7 Å². The molecule has 0 fully saturated rings. The zero-order valence-corrected chi connectivity index (χ0v) is 11.3. The van der Waals surface area contributed by atoms with Gasteiger partial charge in [0.15, 0.2) is 0 Å². The Balaban J connectivity index is 2.19. The van der Waals surface area contributed by atoms with Gasteiger partial charge < -0.3 is 15.4 Å². The first kappa shape index (κ1) is 14.0. The van der Waals surface area contributed by atoms with E-state index >= 15 is 0 Å². The van der Waals surface area contributed by atoms with Crippen molar-refractivity contribution in [1.29, 1.82) is 0 Å². The smallest absolute Gasteiger partial charge is 0.253 e. The minimum absolute atomic E-state index is 0.237. The Hall–Kier alpha value is -1.46. The normalized spacial score (nSPS) is 15.7. The summed E-state index contributed by atoms with van der Waals surface area (Å²) < 4.78 is 19.3. The van der Waals surface area contributed by atoms with Gasteiger partial charge in [-0.3, -0.25) is 4.79 Å². The fraction of sp³-hybridized carbons (Fsp3) is 0.500. The lowest BCUT2D eigenvalue weighted by atomic mass is 9.99. The van der Waals surface area contributed by atoms with Crippen LogP contribution >= 0.6 is 0 Å². The van der Waals surface area contributed by atoms with Gasteiger partial charge in [-0.15, -0.1) is 0 Å². The van der Waals surface area contributed by atoms with Gasteiger partial charge in [-0.05, 0) is 36.6 Å². The second-order valence-electron chi connectivity index (χ2n) is 4.61. The van der Waals surface area contributed by atoms with Crippen LogP contribution in [0.5, 0.6) is 0 Å². The number of fused-ring (bicyclic) bond motifs is 1. The fourth-order valence-corrected chi connectivity index (χ4v) is 2.30. The van der Waals surface area contributed by atoms with Gasteiger partial charge in [-0.1, -0.05) is 13.0 Å². The Morgan fingerprint density at radius 1 is 1.58 bits per heavy atom. The van der Waals surface area contributed by atoms with E-state index in [1.54, 1.807) is 6.07 Å². The summed E-state index contributed by atoms with van der Waals surface area (Å²) in [5.74, 6) is -0.629. The van der Waals surface area contributed by atoms with Crippen molar-refractivity contribution in [2.45, 2.75) is 32.4 Å². The van der Waals surface area contributed by atoms with Gasteiger partial charge in [0.25, 0.3) is 5.91 Å². The van der Waals surface area contributed by atoms with Crippen LogP contribution in [0.2, 0.25) is 0 Å². The summed E-state index contributed by atoms with van der Waals surface area (Å²) in [7, 11) is 1.47. The lowest BCUT2D eigenvalue weighted by molar-refractivity contribution is -0.125. The standard InChI is InChI=1S/C14H19FN2O2/c1-3-12(19-2)14(18)17-11-5-4-9-8-16-7-6-10(9)13(11)15/h4-5,12,16H,3,6-8H2,1-2H3,(H,17,18). The third kappa shape index (κ3) is 2.93. The van der Waals surface area contributed by atoms with E-state index < -0.39 is 6.10 Å². The van der Waals surface area contributed by atoms with Crippen LogP contribution in [0.3, 0.4) is 0 Å². The molecule has 4 nitrogen and oxygen atoms in total. The zero-order chi connectivity index (χ0) is 13.8. The molecule has 0 aromatic heterocycles. The first-order valence-electron chi connectivity index (χ1n) is 6.52. The summed E-state index contributed by atoms with van der Waals surface area (Å²) in [5, 5.41) is 5.79. The summed E-state index contributed by atoms with van der Waals surface area (Å²) >= 11 is 0. The number of nitrogens with one attached hydrogen (secondary N) is 2. The number of carbonyl (C=O) groups excluding carboxylic acids is 1. The highest BCUT2D eigenvalue weighted by Crippen LogP contribution is 2.24. The molecule has 104 valence electrons. The average Bonchev–Trinajstić information content (AvgIpc) is 2.43. The number of carbonyl (C=O) groups is 1.